The molecular weight excluding hydrogens is 220 g/mol. The maximum atomic E-state index is 4.55. The fraction of sp³-hybridized carbons (Fsp3) is 0.375. The van der Waals surface area contributed by atoms with Crippen LogP contribution in [0.2, 0.25) is 0 Å². The second-order valence-corrected chi connectivity index (χ2v) is 4.51. The molecule has 94 valence electrons. The first-order chi connectivity index (χ1) is 8.86. The average molecular weight is 240 g/mol. The molecule has 0 aliphatic heterocycles. The normalized spacial score (nSPS) is 10.6. The van der Waals surface area contributed by atoms with E-state index in [1.165, 1.54) is 17.5 Å². The standard InChI is InChI=1S/C16H20N2/c1-3-7-13-10-12-18-16(14(13)8-4-2)15-9-5-6-11-17-15/h5-6,9-12H,3-4,7-8H2,1-2H3. The van der Waals surface area contributed by atoms with Gasteiger partial charge >= 0.3 is 0 Å². The molecule has 2 aromatic rings. The van der Waals surface area contributed by atoms with Gasteiger partial charge in [0.1, 0.15) is 0 Å². The van der Waals surface area contributed by atoms with Crippen LogP contribution in [0.5, 0.6) is 0 Å². The van der Waals surface area contributed by atoms with Gasteiger partial charge in [0.2, 0.25) is 0 Å². The molecule has 0 fully saturated rings. The van der Waals surface area contributed by atoms with Crippen molar-refractivity contribution in [3.8, 4) is 11.4 Å². The summed E-state index contributed by atoms with van der Waals surface area (Å²) in [6.45, 7) is 4.43. The molecule has 0 spiro atoms. The fourth-order valence-corrected chi connectivity index (χ4v) is 2.29. The topological polar surface area (TPSA) is 25.8 Å². The molecule has 0 N–H and O–H groups in total. The van der Waals surface area contributed by atoms with Gasteiger partial charge in [0.05, 0.1) is 11.4 Å². The Morgan fingerprint density at radius 1 is 0.889 bits per heavy atom. The first-order valence-corrected chi connectivity index (χ1v) is 6.75. The first-order valence-electron chi connectivity index (χ1n) is 6.75. The largest absolute Gasteiger partial charge is 0.255 e. The van der Waals surface area contributed by atoms with E-state index in [-0.39, 0.29) is 0 Å². The van der Waals surface area contributed by atoms with Crippen LogP contribution in [0, 0.1) is 0 Å². The van der Waals surface area contributed by atoms with Crippen LogP contribution in [0.25, 0.3) is 11.4 Å². The minimum absolute atomic E-state index is 0.985. The summed E-state index contributed by atoms with van der Waals surface area (Å²) in [5.41, 5.74) is 4.85. The van der Waals surface area contributed by atoms with Gasteiger partial charge in [-0.2, -0.15) is 0 Å². The zero-order valence-electron chi connectivity index (χ0n) is 11.2. The lowest BCUT2D eigenvalue weighted by Gasteiger charge is -2.12. The summed E-state index contributed by atoms with van der Waals surface area (Å²) >= 11 is 0. The van der Waals surface area contributed by atoms with Crippen molar-refractivity contribution in [3.05, 3.63) is 47.8 Å². The maximum absolute atomic E-state index is 4.55. The van der Waals surface area contributed by atoms with Crippen LogP contribution in [0.15, 0.2) is 36.7 Å². The summed E-state index contributed by atoms with van der Waals surface area (Å²) in [6, 6.07) is 8.16. The Morgan fingerprint density at radius 3 is 2.39 bits per heavy atom. The SMILES string of the molecule is CCCc1ccnc(-c2ccccn2)c1CCC. The summed E-state index contributed by atoms with van der Waals surface area (Å²) in [5.74, 6) is 0. The Morgan fingerprint density at radius 2 is 1.72 bits per heavy atom. The molecule has 0 aliphatic carbocycles. The fourth-order valence-electron chi connectivity index (χ4n) is 2.29. The number of aromatic nitrogens is 2. The van der Waals surface area contributed by atoms with E-state index in [2.05, 4.69) is 29.9 Å². The summed E-state index contributed by atoms with van der Waals surface area (Å²) in [5, 5.41) is 0. The number of hydrogen-bond acceptors (Lipinski definition) is 2. The van der Waals surface area contributed by atoms with E-state index >= 15 is 0 Å². The van der Waals surface area contributed by atoms with Gasteiger partial charge in [0, 0.05) is 12.4 Å². The molecule has 0 unspecified atom stereocenters. The number of rotatable bonds is 5. The lowest BCUT2D eigenvalue weighted by atomic mass is 9.97. The van der Waals surface area contributed by atoms with E-state index in [4.69, 9.17) is 0 Å². The summed E-state index contributed by atoms with van der Waals surface area (Å²) < 4.78 is 0. The van der Waals surface area contributed by atoms with Crippen molar-refractivity contribution in [2.75, 3.05) is 0 Å². The molecule has 0 aromatic carbocycles. The smallest absolute Gasteiger partial charge is 0.0920 e. The molecule has 0 radical (unpaired) electrons. The van der Waals surface area contributed by atoms with Crippen LogP contribution < -0.4 is 0 Å². The van der Waals surface area contributed by atoms with E-state index in [1.54, 1.807) is 0 Å². The number of aryl methyl sites for hydroxylation is 1. The number of hydrogen-bond donors (Lipinski definition) is 0. The molecular formula is C16H20N2. The lowest BCUT2D eigenvalue weighted by Crippen LogP contribution is -2.00. The molecule has 2 nitrogen and oxygen atoms in total. The minimum Gasteiger partial charge on any atom is -0.255 e. The van der Waals surface area contributed by atoms with E-state index in [0.29, 0.717) is 0 Å². The minimum atomic E-state index is 0.985. The van der Waals surface area contributed by atoms with Gasteiger partial charge in [-0.25, -0.2) is 0 Å². The van der Waals surface area contributed by atoms with Crippen LogP contribution in [-0.4, -0.2) is 9.97 Å². The number of nitrogens with zero attached hydrogens (tertiary/aromatic N) is 2. The Balaban J connectivity index is 2.49. The Hall–Kier alpha value is -1.70. The molecule has 0 aliphatic rings. The Kier molecular flexibility index (Phi) is 4.46. The van der Waals surface area contributed by atoms with Crippen molar-refractivity contribution >= 4 is 0 Å². The van der Waals surface area contributed by atoms with Crippen LogP contribution in [0.4, 0.5) is 0 Å². The third-order valence-electron chi connectivity index (χ3n) is 3.08. The molecule has 0 saturated carbocycles. The Bertz CT molecular complexity index is 492. The van der Waals surface area contributed by atoms with E-state index < -0.39 is 0 Å². The summed E-state index contributed by atoms with van der Waals surface area (Å²) in [7, 11) is 0. The van der Waals surface area contributed by atoms with Gasteiger partial charge in [-0.05, 0) is 42.2 Å². The van der Waals surface area contributed by atoms with Gasteiger partial charge < -0.3 is 0 Å². The molecule has 18 heavy (non-hydrogen) atoms. The van der Waals surface area contributed by atoms with E-state index in [1.807, 2.05) is 30.6 Å². The van der Waals surface area contributed by atoms with Crippen molar-refractivity contribution in [2.24, 2.45) is 0 Å². The van der Waals surface area contributed by atoms with Crippen LogP contribution in [0.1, 0.15) is 37.8 Å². The second-order valence-electron chi connectivity index (χ2n) is 4.51. The van der Waals surface area contributed by atoms with Crippen molar-refractivity contribution in [1.82, 2.24) is 9.97 Å². The number of pyridine rings is 2. The zero-order valence-corrected chi connectivity index (χ0v) is 11.2. The molecule has 0 saturated heterocycles. The third kappa shape index (κ3) is 2.76. The zero-order chi connectivity index (χ0) is 12.8. The van der Waals surface area contributed by atoms with E-state index in [0.717, 1.165) is 30.7 Å². The third-order valence-corrected chi connectivity index (χ3v) is 3.08. The summed E-state index contributed by atoms with van der Waals surface area (Å²) in [6.07, 6.45) is 8.25. The highest BCUT2D eigenvalue weighted by Crippen LogP contribution is 2.24. The van der Waals surface area contributed by atoms with Crippen molar-refractivity contribution < 1.29 is 0 Å². The molecule has 0 atom stereocenters. The van der Waals surface area contributed by atoms with Crippen molar-refractivity contribution in [2.45, 2.75) is 39.5 Å². The predicted octanol–water partition coefficient (Wildman–Crippen LogP) is 4.05. The second kappa shape index (κ2) is 6.29. The van der Waals surface area contributed by atoms with Gasteiger partial charge in [-0.3, -0.25) is 9.97 Å². The maximum Gasteiger partial charge on any atom is 0.0920 e. The van der Waals surface area contributed by atoms with Crippen LogP contribution in [-0.2, 0) is 12.8 Å². The predicted molar refractivity (Wildman–Crippen MR) is 75.5 cm³/mol. The average Bonchev–Trinajstić information content (AvgIpc) is 2.42. The molecule has 0 bridgehead atoms. The van der Waals surface area contributed by atoms with E-state index in [9.17, 15) is 0 Å². The van der Waals surface area contributed by atoms with Crippen molar-refractivity contribution in [3.63, 3.8) is 0 Å². The Labute approximate surface area is 109 Å². The quantitative estimate of drug-likeness (QED) is 0.788. The van der Waals surface area contributed by atoms with Gasteiger partial charge in [0.15, 0.2) is 0 Å². The van der Waals surface area contributed by atoms with Crippen LogP contribution in [0.3, 0.4) is 0 Å². The molecule has 2 aromatic heterocycles. The van der Waals surface area contributed by atoms with Gasteiger partial charge in [-0.1, -0.05) is 32.8 Å². The first kappa shape index (κ1) is 12.7. The highest BCUT2D eigenvalue weighted by atomic mass is 14.8. The van der Waals surface area contributed by atoms with Crippen molar-refractivity contribution in [1.29, 1.82) is 0 Å². The highest BCUT2D eigenvalue weighted by molar-refractivity contribution is 5.60. The molecule has 2 heterocycles. The van der Waals surface area contributed by atoms with Gasteiger partial charge in [-0.15, -0.1) is 0 Å². The highest BCUT2D eigenvalue weighted by Gasteiger charge is 2.11. The molecule has 2 heteroatoms. The van der Waals surface area contributed by atoms with Crippen LogP contribution >= 0.6 is 0 Å². The molecule has 2 rings (SSSR count). The summed E-state index contributed by atoms with van der Waals surface area (Å²) in [4.78, 5) is 8.98. The monoisotopic (exact) mass is 240 g/mol. The molecule has 0 amide bonds. The van der Waals surface area contributed by atoms with Gasteiger partial charge in [0.25, 0.3) is 0 Å². The lowest BCUT2D eigenvalue weighted by molar-refractivity contribution is 0.854.